The van der Waals surface area contributed by atoms with Crippen LogP contribution in [0.15, 0.2) is 0 Å². The molecule has 1 aliphatic heterocycles. The fourth-order valence-electron chi connectivity index (χ4n) is 2.81. The Balaban J connectivity index is 1.62. The fraction of sp³-hybridized carbons (Fsp3) is 0.923. The van der Waals surface area contributed by atoms with Crippen molar-refractivity contribution in [3.63, 3.8) is 0 Å². The minimum atomic E-state index is -2.55. The van der Waals surface area contributed by atoms with Crippen molar-refractivity contribution in [1.29, 1.82) is 0 Å². The summed E-state index contributed by atoms with van der Waals surface area (Å²) in [6.45, 7) is 2.78. The molecule has 0 aromatic heterocycles. The van der Waals surface area contributed by atoms with E-state index in [2.05, 4.69) is 10.6 Å². The zero-order valence-electron chi connectivity index (χ0n) is 10.7. The van der Waals surface area contributed by atoms with E-state index in [1.807, 2.05) is 0 Å². The molecular weight excluding hydrogens is 238 g/mol. The number of alkyl halides is 2. The Morgan fingerprint density at radius 3 is 2.61 bits per heavy atom. The van der Waals surface area contributed by atoms with Crippen LogP contribution in [-0.2, 0) is 4.79 Å². The Bertz CT molecular complexity index is 281. The molecule has 0 spiro atoms. The number of carbonyl (C=O) groups is 1. The summed E-state index contributed by atoms with van der Waals surface area (Å²) in [5, 5.41) is 6.18. The molecule has 1 unspecified atom stereocenters. The fourth-order valence-corrected chi connectivity index (χ4v) is 2.81. The maximum Gasteiger partial charge on any atom is 0.248 e. The van der Waals surface area contributed by atoms with E-state index in [0.717, 1.165) is 19.5 Å². The molecule has 2 aliphatic rings. The SMILES string of the molecule is O=C(NCCC1CCNC1)C1CCC(F)(F)CC1. The maximum absolute atomic E-state index is 13.0. The van der Waals surface area contributed by atoms with Crippen LogP contribution >= 0.6 is 0 Å². The molecule has 2 N–H and O–H groups in total. The predicted molar refractivity (Wildman–Crippen MR) is 65.5 cm³/mol. The van der Waals surface area contributed by atoms with E-state index < -0.39 is 5.92 Å². The number of hydrogen-bond donors (Lipinski definition) is 2. The summed E-state index contributed by atoms with van der Waals surface area (Å²) in [7, 11) is 0. The molecule has 1 aliphatic carbocycles. The molecule has 0 radical (unpaired) electrons. The molecule has 2 fully saturated rings. The van der Waals surface area contributed by atoms with Crippen molar-refractivity contribution >= 4 is 5.91 Å². The summed E-state index contributed by atoms with van der Waals surface area (Å²) < 4.78 is 25.9. The van der Waals surface area contributed by atoms with Crippen LogP contribution in [0.25, 0.3) is 0 Å². The molecule has 2 rings (SSSR count). The highest BCUT2D eigenvalue weighted by molar-refractivity contribution is 5.78. The second-order valence-corrected chi connectivity index (χ2v) is 5.57. The molecule has 5 heteroatoms. The van der Waals surface area contributed by atoms with E-state index in [4.69, 9.17) is 0 Å². The van der Waals surface area contributed by atoms with E-state index >= 15 is 0 Å². The van der Waals surface area contributed by atoms with Gasteiger partial charge in [0, 0.05) is 25.3 Å². The molecule has 0 aromatic rings. The van der Waals surface area contributed by atoms with Gasteiger partial charge in [-0.1, -0.05) is 0 Å². The molecule has 104 valence electrons. The number of rotatable bonds is 4. The number of amides is 1. The lowest BCUT2D eigenvalue weighted by Crippen LogP contribution is -2.36. The minimum Gasteiger partial charge on any atom is -0.356 e. The van der Waals surface area contributed by atoms with Crippen LogP contribution in [0.1, 0.15) is 38.5 Å². The number of hydrogen-bond acceptors (Lipinski definition) is 2. The molecule has 1 atom stereocenters. The van der Waals surface area contributed by atoms with E-state index in [0.29, 0.717) is 25.3 Å². The zero-order valence-corrected chi connectivity index (χ0v) is 10.7. The first kappa shape index (κ1) is 13.7. The highest BCUT2D eigenvalue weighted by Crippen LogP contribution is 2.36. The van der Waals surface area contributed by atoms with Gasteiger partial charge in [-0.3, -0.25) is 4.79 Å². The molecule has 1 saturated heterocycles. The molecule has 18 heavy (non-hydrogen) atoms. The Labute approximate surface area is 107 Å². The topological polar surface area (TPSA) is 41.1 Å². The van der Waals surface area contributed by atoms with Crippen molar-refractivity contribution in [3.05, 3.63) is 0 Å². The first-order valence-electron chi connectivity index (χ1n) is 6.93. The lowest BCUT2D eigenvalue weighted by Gasteiger charge is -2.27. The van der Waals surface area contributed by atoms with Crippen LogP contribution in [0, 0.1) is 11.8 Å². The van der Waals surface area contributed by atoms with Crippen molar-refractivity contribution in [2.45, 2.75) is 44.4 Å². The van der Waals surface area contributed by atoms with Gasteiger partial charge in [0.05, 0.1) is 0 Å². The first-order valence-corrected chi connectivity index (χ1v) is 6.93. The monoisotopic (exact) mass is 260 g/mol. The van der Waals surface area contributed by atoms with Gasteiger partial charge in [0.2, 0.25) is 11.8 Å². The molecular formula is C13H22F2N2O. The van der Waals surface area contributed by atoms with Gasteiger partial charge in [-0.25, -0.2) is 8.78 Å². The Kier molecular flexibility index (Phi) is 4.54. The van der Waals surface area contributed by atoms with E-state index in [1.165, 1.54) is 6.42 Å². The summed E-state index contributed by atoms with van der Waals surface area (Å²) in [6.07, 6.45) is 2.52. The summed E-state index contributed by atoms with van der Waals surface area (Å²) in [4.78, 5) is 11.8. The highest BCUT2D eigenvalue weighted by atomic mass is 19.3. The molecule has 1 saturated carbocycles. The lowest BCUT2D eigenvalue weighted by atomic mass is 9.86. The average molecular weight is 260 g/mol. The molecule has 0 aromatic carbocycles. The predicted octanol–water partition coefficient (Wildman–Crippen LogP) is 1.93. The Morgan fingerprint density at radius 2 is 2.00 bits per heavy atom. The van der Waals surface area contributed by atoms with Crippen molar-refractivity contribution in [1.82, 2.24) is 10.6 Å². The normalized spacial score (nSPS) is 28.2. The first-order chi connectivity index (χ1) is 8.57. The van der Waals surface area contributed by atoms with Gasteiger partial charge < -0.3 is 10.6 Å². The van der Waals surface area contributed by atoms with Gasteiger partial charge in [-0.15, -0.1) is 0 Å². The third kappa shape index (κ3) is 3.90. The minimum absolute atomic E-state index is 0.0311. The summed E-state index contributed by atoms with van der Waals surface area (Å²) >= 11 is 0. The number of nitrogens with one attached hydrogen (secondary N) is 2. The summed E-state index contributed by atoms with van der Waals surface area (Å²) in [5.74, 6) is -2.13. The van der Waals surface area contributed by atoms with Gasteiger partial charge in [-0.05, 0) is 44.7 Å². The van der Waals surface area contributed by atoms with E-state index in [1.54, 1.807) is 0 Å². The highest BCUT2D eigenvalue weighted by Gasteiger charge is 2.37. The third-order valence-corrected chi connectivity index (χ3v) is 4.10. The summed E-state index contributed by atoms with van der Waals surface area (Å²) in [6, 6.07) is 0. The smallest absolute Gasteiger partial charge is 0.248 e. The van der Waals surface area contributed by atoms with Gasteiger partial charge in [0.15, 0.2) is 0 Å². The number of carbonyl (C=O) groups excluding carboxylic acids is 1. The van der Waals surface area contributed by atoms with Crippen molar-refractivity contribution in [3.8, 4) is 0 Å². The van der Waals surface area contributed by atoms with Crippen LogP contribution in [0.5, 0.6) is 0 Å². The Morgan fingerprint density at radius 1 is 1.28 bits per heavy atom. The molecule has 3 nitrogen and oxygen atoms in total. The van der Waals surface area contributed by atoms with Crippen LogP contribution in [0.4, 0.5) is 8.78 Å². The molecule has 1 amide bonds. The zero-order chi connectivity index (χ0) is 13.0. The standard InChI is InChI=1S/C13H22F2N2O/c14-13(15)5-1-11(2-6-13)12(18)17-8-4-10-3-7-16-9-10/h10-11,16H,1-9H2,(H,17,18). The van der Waals surface area contributed by atoms with Gasteiger partial charge in [0.25, 0.3) is 0 Å². The largest absolute Gasteiger partial charge is 0.356 e. The van der Waals surface area contributed by atoms with Gasteiger partial charge in [-0.2, -0.15) is 0 Å². The quantitative estimate of drug-likeness (QED) is 0.811. The third-order valence-electron chi connectivity index (χ3n) is 4.10. The van der Waals surface area contributed by atoms with Gasteiger partial charge >= 0.3 is 0 Å². The maximum atomic E-state index is 13.0. The second kappa shape index (κ2) is 5.95. The van der Waals surface area contributed by atoms with Crippen molar-refractivity contribution in [2.24, 2.45) is 11.8 Å². The molecule has 0 bridgehead atoms. The summed E-state index contributed by atoms with van der Waals surface area (Å²) in [5.41, 5.74) is 0. The second-order valence-electron chi connectivity index (χ2n) is 5.57. The van der Waals surface area contributed by atoms with Crippen LogP contribution in [0.2, 0.25) is 0 Å². The van der Waals surface area contributed by atoms with Gasteiger partial charge in [0.1, 0.15) is 0 Å². The number of halogens is 2. The average Bonchev–Trinajstić information content (AvgIpc) is 2.82. The van der Waals surface area contributed by atoms with E-state index in [-0.39, 0.29) is 24.7 Å². The van der Waals surface area contributed by atoms with Crippen LogP contribution in [0.3, 0.4) is 0 Å². The lowest BCUT2D eigenvalue weighted by molar-refractivity contribution is -0.129. The van der Waals surface area contributed by atoms with Crippen LogP contribution < -0.4 is 10.6 Å². The molecule has 1 heterocycles. The van der Waals surface area contributed by atoms with E-state index in [9.17, 15) is 13.6 Å². The van der Waals surface area contributed by atoms with Crippen LogP contribution in [-0.4, -0.2) is 31.5 Å². The Hall–Kier alpha value is -0.710. The van der Waals surface area contributed by atoms with Crippen molar-refractivity contribution < 1.29 is 13.6 Å². The van der Waals surface area contributed by atoms with Crippen molar-refractivity contribution in [2.75, 3.05) is 19.6 Å².